The molecular formula is C36H42O9. The summed E-state index contributed by atoms with van der Waals surface area (Å²) in [5, 5.41) is 25.9. The Morgan fingerprint density at radius 1 is 0.956 bits per heavy atom. The fourth-order valence-corrected chi connectivity index (χ4v) is 8.89. The van der Waals surface area contributed by atoms with Crippen molar-refractivity contribution in [1.29, 1.82) is 0 Å². The molecule has 1 aliphatic heterocycles. The van der Waals surface area contributed by atoms with Crippen molar-refractivity contribution in [3.05, 3.63) is 95.1 Å². The first-order chi connectivity index (χ1) is 21.4. The van der Waals surface area contributed by atoms with Gasteiger partial charge < -0.3 is 33.9 Å². The van der Waals surface area contributed by atoms with Gasteiger partial charge in [0.2, 0.25) is 5.60 Å². The number of carbonyl (C=O) groups excluding carboxylic acids is 2. The van der Waals surface area contributed by atoms with Crippen molar-refractivity contribution in [2.75, 3.05) is 13.6 Å². The number of hydrogen-bond donors (Lipinski definition) is 2. The highest BCUT2D eigenvalue weighted by atomic mass is 16.7. The number of fused-ring (bicyclic) bond motifs is 2. The fourth-order valence-electron chi connectivity index (χ4n) is 8.89. The quantitative estimate of drug-likeness (QED) is 0.212. The van der Waals surface area contributed by atoms with E-state index in [-0.39, 0.29) is 56.7 Å². The van der Waals surface area contributed by atoms with Crippen LogP contribution in [0, 0.1) is 11.3 Å². The lowest BCUT2D eigenvalue weighted by molar-refractivity contribution is -0.345. The Bertz CT molecular complexity index is 1520. The number of rotatable bonds is 11. The maximum Gasteiger partial charge on any atom is 0.307 e. The van der Waals surface area contributed by atoms with E-state index in [0.29, 0.717) is 12.0 Å². The summed E-state index contributed by atoms with van der Waals surface area (Å²) in [4.78, 5) is 28.0. The Morgan fingerprint density at radius 3 is 2.11 bits per heavy atom. The van der Waals surface area contributed by atoms with Gasteiger partial charge in [-0.3, -0.25) is 9.59 Å². The van der Waals surface area contributed by atoms with Crippen LogP contribution in [0.3, 0.4) is 0 Å². The van der Waals surface area contributed by atoms with Crippen molar-refractivity contribution in [2.24, 2.45) is 11.3 Å². The standard InChI is InChI=1S/C36H42O9/c1-23(2)29-25(4)34(39)35(40,30(29)38)32(5)18-28(37)45-36(34)31(43-21-41-19-26-12-8-6-9-13-26)24(3)16-17-33(32,36)44-22-42-20-27-14-10-7-11-15-27/h6-15,24,31,39-40H,1,16-22H2,2-5H3/t24?,31?,32?,33-,34?,35?,36?/m0/s1. The van der Waals surface area contributed by atoms with Crippen molar-refractivity contribution >= 4 is 11.8 Å². The van der Waals surface area contributed by atoms with Crippen molar-refractivity contribution in [3.8, 4) is 0 Å². The maximum absolute atomic E-state index is 14.4. The molecule has 2 bridgehead atoms. The van der Waals surface area contributed by atoms with Crippen LogP contribution in [0.1, 0.15) is 58.1 Å². The normalized spacial score (nSPS) is 36.9. The zero-order valence-electron chi connectivity index (χ0n) is 26.3. The van der Waals surface area contributed by atoms with E-state index in [1.54, 1.807) is 20.8 Å². The Labute approximate surface area is 263 Å². The highest BCUT2D eigenvalue weighted by molar-refractivity contribution is 6.13. The summed E-state index contributed by atoms with van der Waals surface area (Å²) in [5.74, 6) is -1.65. The van der Waals surface area contributed by atoms with E-state index >= 15 is 0 Å². The molecule has 9 nitrogen and oxygen atoms in total. The molecule has 6 rings (SSSR count). The Hall–Kier alpha value is -3.18. The van der Waals surface area contributed by atoms with Gasteiger partial charge in [-0.15, -0.1) is 0 Å². The highest BCUT2D eigenvalue weighted by Crippen LogP contribution is 2.77. The van der Waals surface area contributed by atoms with Crippen molar-refractivity contribution in [3.63, 3.8) is 0 Å². The molecule has 45 heavy (non-hydrogen) atoms. The first kappa shape index (κ1) is 31.8. The van der Waals surface area contributed by atoms with Crippen molar-refractivity contribution < 1.29 is 43.5 Å². The molecule has 2 aromatic rings. The van der Waals surface area contributed by atoms with Gasteiger partial charge in [-0.1, -0.05) is 81.1 Å². The Morgan fingerprint density at radius 2 is 1.53 bits per heavy atom. The van der Waals surface area contributed by atoms with Gasteiger partial charge in [0.15, 0.2) is 17.0 Å². The number of ketones is 1. The molecule has 2 aromatic carbocycles. The average Bonchev–Trinajstić information content (AvgIpc) is 3.21. The van der Waals surface area contributed by atoms with Crippen LogP contribution in [0.4, 0.5) is 0 Å². The van der Waals surface area contributed by atoms with Gasteiger partial charge in [0.1, 0.15) is 25.3 Å². The molecule has 1 heterocycles. The van der Waals surface area contributed by atoms with Gasteiger partial charge in [-0.25, -0.2) is 0 Å². The topological polar surface area (TPSA) is 121 Å². The first-order valence-corrected chi connectivity index (χ1v) is 15.5. The molecule has 0 amide bonds. The van der Waals surface area contributed by atoms with Crippen LogP contribution in [0.25, 0.3) is 0 Å². The van der Waals surface area contributed by atoms with Crippen LogP contribution in [-0.2, 0) is 46.5 Å². The lowest BCUT2D eigenvalue weighted by Crippen LogP contribution is -2.78. The highest BCUT2D eigenvalue weighted by Gasteiger charge is 2.97. The summed E-state index contributed by atoms with van der Waals surface area (Å²) in [5.41, 5.74) is -7.53. The Balaban J connectivity index is 1.44. The van der Waals surface area contributed by atoms with Crippen LogP contribution in [0.5, 0.6) is 0 Å². The van der Waals surface area contributed by atoms with E-state index in [1.807, 2.05) is 67.6 Å². The number of Topliss-reactive ketones (excluding diaryl/α,β-unsaturated/α-hetero) is 1. The number of aliphatic hydroxyl groups is 2. The van der Waals surface area contributed by atoms with E-state index in [9.17, 15) is 19.8 Å². The van der Waals surface area contributed by atoms with Crippen molar-refractivity contribution in [1.82, 2.24) is 0 Å². The molecule has 3 aliphatic carbocycles. The van der Waals surface area contributed by atoms with Crippen LogP contribution >= 0.6 is 0 Å². The predicted octanol–water partition coefficient (Wildman–Crippen LogP) is 4.55. The number of hydrogen-bond acceptors (Lipinski definition) is 9. The lowest BCUT2D eigenvalue weighted by Gasteiger charge is -2.61. The summed E-state index contributed by atoms with van der Waals surface area (Å²) in [6.07, 6.45) is -0.579. The monoisotopic (exact) mass is 618 g/mol. The van der Waals surface area contributed by atoms with Crippen LogP contribution < -0.4 is 0 Å². The number of carbonyl (C=O) groups is 2. The minimum atomic E-state index is -2.49. The van der Waals surface area contributed by atoms with Gasteiger partial charge in [0.05, 0.1) is 25.0 Å². The molecular weight excluding hydrogens is 576 g/mol. The maximum atomic E-state index is 14.4. The molecule has 2 N–H and O–H groups in total. The second kappa shape index (κ2) is 11.3. The zero-order valence-corrected chi connectivity index (χ0v) is 26.3. The van der Waals surface area contributed by atoms with E-state index in [0.717, 1.165) is 11.1 Å². The number of allylic oxidation sites excluding steroid dienone is 1. The lowest BCUT2D eigenvalue weighted by atomic mass is 9.55. The number of benzene rings is 2. The summed E-state index contributed by atoms with van der Waals surface area (Å²) >= 11 is 0. The molecule has 240 valence electrons. The molecule has 2 saturated carbocycles. The van der Waals surface area contributed by atoms with E-state index in [1.165, 1.54) is 0 Å². The molecule has 0 radical (unpaired) electrons. The third-order valence-corrected chi connectivity index (χ3v) is 10.8. The molecule has 7 atom stereocenters. The van der Waals surface area contributed by atoms with E-state index in [2.05, 4.69) is 6.58 Å². The average molecular weight is 619 g/mol. The fraction of sp³-hybridized carbons (Fsp3) is 0.500. The Kier molecular flexibility index (Phi) is 7.95. The van der Waals surface area contributed by atoms with E-state index < -0.39 is 45.7 Å². The molecule has 0 aromatic heterocycles. The van der Waals surface area contributed by atoms with Gasteiger partial charge in [-0.2, -0.15) is 0 Å². The van der Waals surface area contributed by atoms with Crippen LogP contribution in [-0.4, -0.2) is 64.1 Å². The molecule has 0 spiro atoms. The first-order valence-electron chi connectivity index (χ1n) is 15.5. The number of esters is 1. The smallest absolute Gasteiger partial charge is 0.307 e. The SMILES string of the molecule is C=C(C)C1=C(C)C2(O)C(O)(C1=O)C1(C)CC(=O)OC23C(OCOCc2ccccc2)C(C)CC[C@]13OCOCc1ccccc1. The van der Waals surface area contributed by atoms with Gasteiger partial charge in [-0.05, 0) is 54.9 Å². The third-order valence-electron chi connectivity index (χ3n) is 10.8. The van der Waals surface area contributed by atoms with Gasteiger partial charge in [0, 0.05) is 5.57 Å². The van der Waals surface area contributed by atoms with Gasteiger partial charge in [0.25, 0.3) is 0 Å². The second-order valence-electron chi connectivity index (χ2n) is 13.2. The second-order valence-corrected chi connectivity index (χ2v) is 13.2. The molecule has 3 fully saturated rings. The predicted molar refractivity (Wildman–Crippen MR) is 163 cm³/mol. The minimum absolute atomic E-state index is 0.134. The molecule has 6 unspecified atom stereocenters. The molecule has 1 saturated heterocycles. The van der Waals surface area contributed by atoms with Crippen LogP contribution in [0.2, 0.25) is 0 Å². The zero-order chi connectivity index (χ0) is 32.3. The summed E-state index contributed by atoms with van der Waals surface area (Å²) in [7, 11) is 0. The van der Waals surface area contributed by atoms with Crippen molar-refractivity contribution in [2.45, 2.75) is 88.7 Å². The summed E-state index contributed by atoms with van der Waals surface area (Å²) < 4.78 is 31.4. The van der Waals surface area contributed by atoms with Gasteiger partial charge >= 0.3 is 5.97 Å². The number of ether oxygens (including phenoxy) is 5. The minimum Gasteiger partial charge on any atom is -0.449 e. The van der Waals surface area contributed by atoms with E-state index in [4.69, 9.17) is 23.7 Å². The summed E-state index contributed by atoms with van der Waals surface area (Å²) in [6, 6.07) is 19.2. The molecule has 9 heteroatoms. The van der Waals surface area contributed by atoms with Crippen LogP contribution in [0.15, 0.2) is 84.0 Å². The third kappa shape index (κ3) is 4.08. The molecule has 4 aliphatic rings. The summed E-state index contributed by atoms with van der Waals surface area (Å²) in [6.45, 7) is 10.9. The largest absolute Gasteiger partial charge is 0.449 e.